The Morgan fingerprint density at radius 1 is 0.160 bits per heavy atom. The molecular formula is C90H170O10. The number of rotatable bonds is 75. The van der Waals surface area contributed by atoms with Crippen LogP contribution in [-0.4, -0.2) is 62.9 Å². The van der Waals surface area contributed by atoms with Crippen molar-refractivity contribution in [3.63, 3.8) is 0 Å². The van der Waals surface area contributed by atoms with Gasteiger partial charge in [0.1, 0.15) is 0 Å². The first-order valence-electron chi connectivity index (χ1n) is 43.0. The molecule has 0 saturated carbocycles. The summed E-state index contributed by atoms with van der Waals surface area (Å²) in [7, 11) is 0. The van der Waals surface area contributed by atoms with Crippen LogP contribution >= 0.6 is 0 Å². The molecule has 0 atom stereocenters. The van der Waals surface area contributed by atoms with Gasteiger partial charge >= 0.3 is 29.8 Å². The standard InChI is InChI=1S/C20H38O2.C19H36O2.C18H34O2.C17H32O2.C16H30O2/c1-3-5-6-7-8-9-10-11-12-13-14-15-16-17-18-19-22-20(21)4-2;1-3-5-6-7-8-9-10-11-12-13-14-15-16-17-18-21-19(20)4-2;1-3-5-6-7-8-9-10-11-12-13-14-15-16-17-20-18(19)4-2;1-3-5-6-7-8-9-10-11-12-13-14-15-16-19-17(18)4-2;1-3-5-6-7-8-9-10-11-12-13-14-15-18-16(17)4-2/h4H,2-3,5-19H2,1H3;4H,2-3,5-18H2,1H3;4H,2-3,5-17H2,1H3;4H,2-3,5-16H2,1H3;4H,2-3,5-15H2,1H3. The smallest absolute Gasteiger partial charge is 0.330 e. The summed E-state index contributed by atoms with van der Waals surface area (Å²) >= 11 is 0. The molecule has 100 heavy (non-hydrogen) atoms. The Kier molecular flexibility index (Phi) is 106. The lowest BCUT2D eigenvalue weighted by Gasteiger charge is -2.04. The Morgan fingerprint density at radius 2 is 0.240 bits per heavy atom. The number of ether oxygens (including phenoxy) is 5. The lowest BCUT2D eigenvalue weighted by molar-refractivity contribution is -0.138. The molecule has 10 nitrogen and oxygen atoms in total. The van der Waals surface area contributed by atoms with Gasteiger partial charge in [0.2, 0.25) is 0 Å². The zero-order valence-corrected chi connectivity index (χ0v) is 67.5. The van der Waals surface area contributed by atoms with Gasteiger partial charge in [0, 0.05) is 30.4 Å². The second-order valence-corrected chi connectivity index (χ2v) is 28.1. The van der Waals surface area contributed by atoms with E-state index in [1.165, 1.54) is 416 Å². The maximum atomic E-state index is 10.8. The number of esters is 5. The van der Waals surface area contributed by atoms with Crippen molar-refractivity contribution < 1.29 is 47.7 Å². The Balaban J connectivity index is -0.000000377. The van der Waals surface area contributed by atoms with E-state index >= 15 is 0 Å². The summed E-state index contributed by atoms with van der Waals surface area (Å²) in [4.78, 5) is 53.9. The summed E-state index contributed by atoms with van der Waals surface area (Å²) in [5.74, 6) is -1.51. The van der Waals surface area contributed by atoms with Crippen LogP contribution in [0, 0.1) is 0 Å². The fourth-order valence-corrected chi connectivity index (χ4v) is 11.8. The molecule has 0 N–H and O–H groups in total. The van der Waals surface area contributed by atoms with Crippen LogP contribution in [0.15, 0.2) is 63.3 Å². The predicted molar refractivity (Wildman–Crippen MR) is 434 cm³/mol. The molecule has 0 bridgehead atoms. The van der Waals surface area contributed by atoms with E-state index in [0.717, 1.165) is 32.1 Å². The van der Waals surface area contributed by atoms with Crippen molar-refractivity contribution in [2.75, 3.05) is 33.0 Å². The van der Waals surface area contributed by atoms with Gasteiger partial charge in [-0.1, -0.05) is 453 Å². The second kappa shape index (κ2) is 101. The molecule has 0 amide bonds. The van der Waals surface area contributed by atoms with E-state index in [1.807, 2.05) is 0 Å². The van der Waals surface area contributed by atoms with Gasteiger partial charge in [-0.3, -0.25) is 0 Å². The van der Waals surface area contributed by atoms with Crippen LogP contribution in [0.1, 0.15) is 452 Å². The fraction of sp³-hybridized carbons (Fsp3) is 0.833. The molecule has 0 rings (SSSR count). The quantitative estimate of drug-likeness (QED) is 0.0251. The largest absolute Gasteiger partial charge is 0.463 e. The Bertz CT molecular complexity index is 1670. The van der Waals surface area contributed by atoms with Gasteiger partial charge in [-0.25, -0.2) is 24.0 Å². The number of hydrogen-bond acceptors (Lipinski definition) is 10. The Hall–Kier alpha value is -3.95. The van der Waals surface area contributed by atoms with E-state index in [2.05, 4.69) is 67.5 Å². The Morgan fingerprint density at radius 3 is 0.320 bits per heavy atom. The van der Waals surface area contributed by atoms with E-state index in [4.69, 9.17) is 23.7 Å². The number of hydrogen-bond donors (Lipinski definition) is 0. The normalized spacial score (nSPS) is 10.4. The van der Waals surface area contributed by atoms with Crippen LogP contribution in [-0.2, 0) is 47.7 Å². The summed E-state index contributed by atoms with van der Waals surface area (Å²) < 4.78 is 24.7. The first kappa shape index (κ1) is 105. The molecule has 0 unspecified atom stereocenters. The monoisotopic (exact) mass is 1410 g/mol. The van der Waals surface area contributed by atoms with Crippen molar-refractivity contribution in [2.24, 2.45) is 0 Å². The molecule has 0 aliphatic rings. The van der Waals surface area contributed by atoms with E-state index in [0.29, 0.717) is 33.0 Å². The highest BCUT2D eigenvalue weighted by atomic mass is 16.5. The first-order chi connectivity index (χ1) is 49.0. The number of carbonyl (C=O) groups is 5. The summed E-state index contributed by atoms with van der Waals surface area (Å²) in [6.45, 7) is 30.9. The highest BCUT2D eigenvalue weighted by molar-refractivity contribution is 5.82. The molecule has 0 aromatic carbocycles. The van der Waals surface area contributed by atoms with Gasteiger partial charge in [-0.05, 0) is 32.1 Å². The van der Waals surface area contributed by atoms with Gasteiger partial charge < -0.3 is 23.7 Å². The van der Waals surface area contributed by atoms with Crippen LogP contribution < -0.4 is 0 Å². The summed E-state index contributed by atoms with van der Waals surface area (Å²) in [6, 6.07) is 0. The number of unbranched alkanes of at least 4 members (excludes halogenated alkanes) is 60. The molecule has 0 aromatic rings. The third kappa shape index (κ3) is 110. The SMILES string of the molecule is C=CC(=O)OCCCCCCCCCCCCC.C=CC(=O)OCCCCCCCCCCCCCC.C=CC(=O)OCCCCCCCCCCCCCCC.C=CC(=O)OCCCCCCCCCCCCCCCC.C=CC(=O)OCCCCCCCCCCCCCCCCC. The molecule has 0 aliphatic carbocycles. The molecule has 590 valence electrons. The maximum absolute atomic E-state index is 10.8. The minimum atomic E-state index is -0.304. The van der Waals surface area contributed by atoms with Crippen molar-refractivity contribution >= 4 is 29.8 Å². The lowest BCUT2D eigenvalue weighted by atomic mass is 10.0. The van der Waals surface area contributed by atoms with Gasteiger partial charge in [0.25, 0.3) is 0 Å². The molecule has 0 spiro atoms. The molecule has 0 heterocycles. The molecule has 10 heteroatoms. The predicted octanol–water partition coefficient (Wildman–Crippen LogP) is 29.0. The molecule has 0 aromatic heterocycles. The van der Waals surface area contributed by atoms with E-state index < -0.39 is 0 Å². The first-order valence-corrected chi connectivity index (χ1v) is 43.0. The average Bonchev–Trinajstić information content (AvgIpc) is 3.85. The topological polar surface area (TPSA) is 132 Å². The van der Waals surface area contributed by atoms with E-state index in [9.17, 15) is 24.0 Å². The van der Waals surface area contributed by atoms with E-state index in [1.54, 1.807) is 0 Å². The average molecular weight is 1410 g/mol. The van der Waals surface area contributed by atoms with Crippen molar-refractivity contribution in [1.82, 2.24) is 0 Å². The van der Waals surface area contributed by atoms with Crippen molar-refractivity contribution in [1.29, 1.82) is 0 Å². The zero-order valence-electron chi connectivity index (χ0n) is 67.5. The van der Waals surface area contributed by atoms with Crippen LogP contribution in [0.4, 0.5) is 0 Å². The minimum absolute atomic E-state index is 0.301. The molecule has 0 fully saturated rings. The molecule has 0 radical (unpaired) electrons. The van der Waals surface area contributed by atoms with Crippen molar-refractivity contribution in [3.8, 4) is 0 Å². The van der Waals surface area contributed by atoms with Crippen LogP contribution in [0.2, 0.25) is 0 Å². The third-order valence-electron chi connectivity index (χ3n) is 18.3. The highest BCUT2D eigenvalue weighted by Crippen LogP contribution is 2.18. The summed E-state index contributed by atoms with van der Waals surface area (Å²) in [5.41, 5.74) is 0. The maximum Gasteiger partial charge on any atom is 0.330 e. The lowest BCUT2D eigenvalue weighted by Crippen LogP contribution is -2.01. The summed E-state index contributed by atoms with van der Waals surface area (Å²) in [5, 5.41) is 0. The minimum Gasteiger partial charge on any atom is -0.463 e. The van der Waals surface area contributed by atoms with Gasteiger partial charge in [-0.15, -0.1) is 0 Å². The summed E-state index contributed by atoms with van der Waals surface area (Å²) in [6.07, 6.45) is 92.8. The third-order valence-corrected chi connectivity index (χ3v) is 18.3. The van der Waals surface area contributed by atoms with Crippen LogP contribution in [0.3, 0.4) is 0 Å². The van der Waals surface area contributed by atoms with Crippen molar-refractivity contribution in [2.45, 2.75) is 452 Å². The zero-order chi connectivity index (χ0) is 74.5. The van der Waals surface area contributed by atoms with Gasteiger partial charge in [0.05, 0.1) is 33.0 Å². The van der Waals surface area contributed by atoms with E-state index in [-0.39, 0.29) is 29.8 Å². The van der Waals surface area contributed by atoms with Crippen LogP contribution in [0.25, 0.3) is 0 Å². The Labute approximate surface area is 622 Å². The van der Waals surface area contributed by atoms with Crippen LogP contribution in [0.5, 0.6) is 0 Å². The second-order valence-electron chi connectivity index (χ2n) is 28.1. The van der Waals surface area contributed by atoms with Gasteiger partial charge in [0.15, 0.2) is 0 Å². The van der Waals surface area contributed by atoms with Gasteiger partial charge in [-0.2, -0.15) is 0 Å². The molecular weight excluding hydrogens is 1240 g/mol. The fourth-order valence-electron chi connectivity index (χ4n) is 11.8. The molecule has 0 saturated heterocycles. The highest BCUT2D eigenvalue weighted by Gasteiger charge is 2.03. The molecule has 0 aliphatic heterocycles. The number of carbonyl (C=O) groups excluding carboxylic acids is 5. The van der Waals surface area contributed by atoms with Crippen molar-refractivity contribution in [3.05, 3.63) is 63.3 Å².